The summed E-state index contributed by atoms with van der Waals surface area (Å²) in [6, 6.07) is 6.88. The van der Waals surface area contributed by atoms with Gasteiger partial charge in [-0.15, -0.1) is 11.3 Å². The summed E-state index contributed by atoms with van der Waals surface area (Å²) in [5.74, 6) is 0. The smallest absolute Gasteiger partial charge is 0.319 e. The Labute approximate surface area is 134 Å². The van der Waals surface area contributed by atoms with Gasteiger partial charge in [0, 0.05) is 22.8 Å². The van der Waals surface area contributed by atoms with Gasteiger partial charge < -0.3 is 15.7 Å². The SMILES string of the molecule is CC(C)(C)[C@@H](CO)NC(=O)Nc1ccc(-c2nccs2)cc1. The van der Waals surface area contributed by atoms with Crippen LogP contribution in [0.2, 0.25) is 0 Å². The van der Waals surface area contributed by atoms with E-state index in [9.17, 15) is 9.90 Å². The van der Waals surface area contributed by atoms with Crippen LogP contribution in [0.1, 0.15) is 20.8 Å². The molecule has 0 saturated heterocycles. The Balaban J connectivity index is 1.97. The van der Waals surface area contributed by atoms with Gasteiger partial charge in [0.25, 0.3) is 0 Å². The van der Waals surface area contributed by atoms with Crippen molar-refractivity contribution in [1.82, 2.24) is 10.3 Å². The fraction of sp³-hybridized carbons (Fsp3) is 0.375. The molecule has 2 rings (SSSR count). The number of carbonyl (C=O) groups excluding carboxylic acids is 1. The van der Waals surface area contributed by atoms with E-state index in [-0.39, 0.29) is 24.1 Å². The maximum Gasteiger partial charge on any atom is 0.319 e. The molecule has 0 spiro atoms. The molecule has 22 heavy (non-hydrogen) atoms. The zero-order chi connectivity index (χ0) is 16.2. The number of carbonyl (C=O) groups is 1. The van der Waals surface area contributed by atoms with Crippen molar-refractivity contribution in [3.63, 3.8) is 0 Å². The summed E-state index contributed by atoms with van der Waals surface area (Å²) in [5.41, 5.74) is 1.51. The molecule has 3 N–H and O–H groups in total. The van der Waals surface area contributed by atoms with Crippen molar-refractivity contribution in [2.45, 2.75) is 26.8 Å². The molecule has 1 aromatic carbocycles. The quantitative estimate of drug-likeness (QED) is 0.809. The van der Waals surface area contributed by atoms with E-state index in [0.29, 0.717) is 5.69 Å². The van der Waals surface area contributed by atoms with E-state index in [1.807, 2.05) is 50.4 Å². The highest BCUT2D eigenvalue weighted by Crippen LogP contribution is 2.23. The fourth-order valence-corrected chi connectivity index (χ4v) is 2.57. The van der Waals surface area contributed by atoms with Gasteiger partial charge in [0.15, 0.2) is 0 Å². The van der Waals surface area contributed by atoms with Gasteiger partial charge in [0.1, 0.15) is 5.01 Å². The summed E-state index contributed by atoms with van der Waals surface area (Å²) in [4.78, 5) is 16.2. The maximum atomic E-state index is 12.0. The van der Waals surface area contributed by atoms with Gasteiger partial charge in [-0.25, -0.2) is 9.78 Å². The molecule has 5 nitrogen and oxygen atoms in total. The number of hydrogen-bond acceptors (Lipinski definition) is 4. The van der Waals surface area contributed by atoms with E-state index in [2.05, 4.69) is 15.6 Å². The highest BCUT2D eigenvalue weighted by Gasteiger charge is 2.25. The summed E-state index contributed by atoms with van der Waals surface area (Å²) < 4.78 is 0. The lowest BCUT2D eigenvalue weighted by molar-refractivity contribution is 0.162. The van der Waals surface area contributed by atoms with Crippen molar-refractivity contribution in [2.24, 2.45) is 5.41 Å². The first-order chi connectivity index (χ1) is 10.4. The number of aliphatic hydroxyl groups is 1. The number of aliphatic hydroxyl groups excluding tert-OH is 1. The number of benzene rings is 1. The Morgan fingerprint density at radius 1 is 1.32 bits per heavy atom. The Morgan fingerprint density at radius 2 is 2.00 bits per heavy atom. The Morgan fingerprint density at radius 3 is 2.50 bits per heavy atom. The molecule has 1 heterocycles. The molecule has 0 radical (unpaired) electrons. The molecule has 0 aliphatic carbocycles. The van der Waals surface area contributed by atoms with Crippen LogP contribution in [0.4, 0.5) is 10.5 Å². The molecule has 6 heteroatoms. The average molecular weight is 319 g/mol. The molecular formula is C16H21N3O2S. The minimum atomic E-state index is -0.323. The van der Waals surface area contributed by atoms with Gasteiger partial charge in [-0.3, -0.25) is 0 Å². The molecular weight excluding hydrogens is 298 g/mol. The summed E-state index contributed by atoms with van der Waals surface area (Å²) in [6.45, 7) is 5.81. The lowest BCUT2D eigenvalue weighted by atomic mass is 9.87. The maximum absolute atomic E-state index is 12.0. The molecule has 2 aromatic rings. The summed E-state index contributed by atoms with van der Waals surface area (Å²) >= 11 is 1.57. The molecule has 0 unspecified atom stereocenters. The van der Waals surface area contributed by atoms with Gasteiger partial charge in [0.05, 0.1) is 12.6 Å². The summed E-state index contributed by atoms with van der Waals surface area (Å²) in [7, 11) is 0. The van der Waals surface area contributed by atoms with Crippen LogP contribution >= 0.6 is 11.3 Å². The van der Waals surface area contributed by atoms with E-state index < -0.39 is 0 Å². The van der Waals surface area contributed by atoms with Crippen molar-refractivity contribution in [3.05, 3.63) is 35.8 Å². The molecule has 1 atom stereocenters. The highest BCUT2D eigenvalue weighted by atomic mass is 32.1. The third kappa shape index (κ3) is 4.29. The number of nitrogens with zero attached hydrogens (tertiary/aromatic N) is 1. The predicted octanol–water partition coefficient (Wildman–Crippen LogP) is 3.34. The number of rotatable bonds is 4. The number of anilines is 1. The first-order valence-electron chi connectivity index (χ1n) is 7.08. The second kappa shape index (κ2) is 6.89. The van der Waals surface area contributed by atoms with Crippen molar-refractivity contribution in [3.8, 4) is 10.6 Å². The van der Waals surface area contributed by atoms with Crippen LogP contribution in [0.5, 0.6) is 0 Å². The minimum Gasteiger partial charge on any atom is -0.394 e. The number of amides is 2. The Bertz CT molecular complexity index is 603. The fourth-order valence-electron chi connectivity index (χ4n) is 1.92. The second-order valence-corrected chi connectivity index (χ2v) is 7.01. The predicted molar refractivity (Wildman–Crippen MR) is 90.0 cm³/mol. The van der Waals surface area contributed by atoms with Crippen LogP contribution in [-0.2, 0) is 0 Å². The molecule has 0 aliphatic heterocycles. The van der Waals surface area contributed by atoms with E-state index in [1.54, 1.807) is 17.5 Å². The molecule has 0 fully saturated rings. The molecule has 118 valence electrons. The van der Waals surface area contributed by atoms with Gasteiger partial charge in [-0.1, -0.05) is 20.8 Å². The monoisotopic (exact) mass is 319 g/mol. The lowest BCUT2D eigenvalue weighted by Gasteiger charge is -2.29. The van der Waals surface area contributed by atoms with E-state index in [4.69, 9.17) is 0 Å². The summed E-state index contributed by atoms with van der Waals surface area (Å²) in [6.07, 6.45) is 1.77. The van der Waals surface area contributed by atoms with Crippen LogP contribution in [0.25, 0.3) is 10.6 Å². The van der Waals surface area contributed by atoms with Crippen molar-refractivity contribution in [2.75, 3.05) is 11.9 Å². The van der Waals surface area contributed by atoms with Crippen molar-refractivity contribution >= 4 is 23.1 Å². The number of hydrogen-bond donors (Lipinski definition) is 3. The molecule has 1 aromatic heterocycles. The van der Waals surface area contributed by atoms with E-state index in [0.717, 1.165) is 10.6 Å². The summed E-state index contributed by atoms with van der Waals surface area (Å²) in [5, 5.41) is 17.8. The zero-order valence-corrected chi connectivity index (χ0v) is 13.8. The normalized spacial score (nSPS) is 12.7. The van der Waals surface area contributed by atoms with Gasteiger partial charge in [-0.05, 0) is 29.7 Å². The number of aromatic nitrogens is 1. The average Bonchev–Trinajstić information content (AvgIpc) is 2.98. The first kappa shape index (κ1) is 16.5. The Hall–Kier alpha value is -1.92. The van der Waals surface area contributed by atoms with Gasteiger partial charge in [0.2, 0.25) is 0 Å². The van der Waals surface area contributed by atoms with Crippen molar-refractivity contribution in [1.29, 1.82) is 0 Å². The van der Waals surface area contributed by atoms with Crippen LogP contribution in [-0.4, -0.2) is 28.8 Å². The molecule has 0 saturated carbocycles. The Kier molecular flexibility index (Phi) is 5.15. The van der Waals surface area contributed by atoms with Crippen LogP contribution < -0.4 is 10.6 Å². The van der Waals surface area contributed by atoms with Crippen LogP contribution in [0.15, 0.2) is 35.8 Å². The number of thiazole rings is 1. The molecule has 0 bridgehead atoms. The third-order valence-corrected chi connectivity index (χ3v) is 4.18. The lowest BCUT2D eigenvalue weighted by Crippen LogP contribution is -2.47. The first-order valence-corrected chi connectivity index (χ1v) is 7.96. The highest BCUT2D eigenvalue weighted by molar-refractivity contribution is 7.13. The van der Waals surface area contributed by atoms with Crippen molar-refractivity contribution < 1.29 is 9.90 Å². The van der Waals surface area contributed by atoms with Crippen LogP contribution in [0.3, 0.4) is 0 Å². The standard InChI is InChI=1S/C16H21N3O2S/c1-16(2,3)13(10-20)19-15(21)18-12-6-4-11(5-7-12)14-17-8-9-22-14/h4-9,13,20H,10H2,1-3H3,(H2,18,19,21)/t13-/m1/s1. The zero-order valence-electron chi connectivity index (χ0n) is 13.0. The van der Waals surface area contributed by atoms with Gasteiger partial charge in [-0.2, -0.15) is 0 Å². The molecule has 0 aliphatic rings. The minimum absolute atomic E-state index is 0.0973. The van der Waals surface area contributed by atoms with Crippen LogP contribution in [0, 0.1) is 5.41 Å². The number of nitrogens with one attached hydrogen (secondary N) is 2. The van der Waals surface area contributed by atoms with Gasteiger partial charge >= 0.3 is 6.03 Å². The number of urea groups is 1. The molecule has 2 amide bonds. The topological polar surface area (TPSA) is 74.2 Å². The largest absolute Gasteiger partial charge is 0.394 e. The van der Waals surface area contributed by atoms with E-state index >= 15 is 0 Å². The third-order valence-electron chi connectivity index (χ3n) is 3.36. The van der Waals surface area contributed by atoms with E-state index in [1.165, 1.54) is 0 Å². The second-order valence-electron chi connectivity index (χ2n) is 6.11.